The molecule has 0 aromatic heterocycles. The Bertz CT molecular complexity index is 1050. The normalized spacial score (nSPS) is 14.7. The van der Waals surface area contributed by atoms with Crippen molar-refractivity contribution >= 4 is 41.2 Å². The van der Waals surface area contributed by atoms with Crippen molar-refractivity contribution in [3.05, 3.63) is 111 Å². The fraction of sp³-hybridized carbons (Fsp3) is 0.231. The molecule has 0 saturated carbocycles. The van der Waals surface area contributed by atoms with Crippen molar-refractivity contribution in [2.75, 3.05) is 19.6 Å². The fourth-order valence-corrected chi connectivity index (χ4v) is 4.44. The predicted molar refractivity (Wildman–Crippen MR) is 132 cm³/mol. The Labute approximate surface area is 208 Å². The third kappa shape index (κ3) is 6.33. The van der Waals surface area contributed by atoms with E-state index in [1.54, 1.807) is 12.1 Å². The van der Waals surface area contributed by atoms with Gasteiger partial charge in [0.2, 0.25) is 0 Å². The fourth-order valence-electron chi connectivity index (χ4n) is 4.18. The summed E-state index contributed by atoms with van der Waals surface area (Å²) in [5.74, 6) is 0.0990. The highest BCUT2D eigenvalue weighted by atomic mass is 35.5. The van der Waals surface area contributed by atoms with E-state index in [4.69, 9.17) is 23.2 Å². The molecule has 0 fully saturated rings. The Morgan fingerprint density at radius 2 is 1.36 bits per heavy atom. The second kappa shape index (κ2) is 11.0. The first-order valence-electron chi connectivity index (χ1n) is 10.4. The van der Waals surface area contributed by atoms with Crippen molar-refractivity contribution < 1.29 is 13.2 Å². The van der Waals surface area contributed by atoms with Gasteiger partial charge in [-0.25, -0.2) is 0 Å². The zero-order chi connectivity index (χ0) is 22.7. The number of nitrogens with zero attached hydrogens (tertiary/aromatic N) is 1. The second-order valence-electron chi connectivity index (χ2n) is 7.94. The molecule has 0 unspecified atom stereocenters. The van der Waals surface area contributed by atoms with E-state index >= 15 is 0 Å². The Morgan fingerprint density at radius 3 is 1.85 bits per heavy atom. The lowest BCUT2D eigenvalue weighted by Gasteiger charge is -2.31. The molecule has 0 aliphatic carbocycles. The van der Waals surface area contributed by atoms with Crippen LogP contribution in [0.3, 0.4) is 0 Å². The molecule has 1 heterocycles. The number of halogens is 6. The van der Waals surface area contributed by atoms with Gasteiger partial charge in [0.25, 0.3) is 0 Å². The maximum absolute atomic E-state index is 13.4. The molecule has 1 nitrogen and oxygen atoms in total. The van der Waals surface area contributed by atoms with Gasteiger partial charge in [-0.3, -0.25) is 4.90 Å². The Morgan fingerprint density at radius 1 is 0.818 bits per heavy atom. The molecule has 33 heavy (non-hydrogen) atoms. The van der Waals surface area contributed by atoms with Gasteiger partial charge in [-0.05, 0) is 59.0 Å². The van der Waals surface area contributed by atoms with Crippen molar-refractivity contribution in [3.8, 4) is 0 Å². The summed E-state index contributed by atoms with van der Waals surface area (Å²) >= 11 is 12.2. The largest absolute Gasteiger partial charge is 0.416 e. The smallest absolute Gasteiger partial charge is 0.298 e. The van der Waals surface area contributed by atoms with E-state index in [2.05, 4.69) is 4.90 Å². The maximum atomic E-state index is 13.4. The van der Waals surface area contributed by atoms with Gasteiger partial charge >= 0.3 is 6.18 Å². The van der Waals surface area contributed by atoms with Crippen LogP contribution in [0.1, 0.15) is 34.6 Å². The van der Waals surface area contributed by atoms with E-state index in [0.29, 0.717) is 29.6 Å². The van der Waals surface area contributed by atoms with Crippen molar-refractivity contribution in [2.45, 2.75) is 18.5 Å². The molecule has 7 heteroatoms. The summed E-state index contributed by atoms with van der Waals surface area (Å²) in [6.45, 7) is 2.03. The highest BCUT2D eigenvalue weighted by Gasteiger charge is 2.34. The highest BCUT2D eigenvalue weighted by Crippen LogP contribution is 2.37. The van der Waals surface area contributed by atoms with E-state index in [0.717, 1.165) is 29.3 Å². The average Bonchev–Trinajstić information content (AvgIpc) is 2.79. The minimum absolute atomic E-state index is 0. The molecule has 174 valence electrons. The molecular formula is C26H23Cl3F3N. The van der Waals surface area contributed by atoms with E-state index in [-0.39, 0.29) is 23.9 Å². The summed E-state index contributed by atoms with van der Waals surface area (Å²) in [6.07, 6.45) is -1.86. The lowest BCUT2D eigenvalue weighted by atomic mass is 9.89. The first-order valence-corrected chi connectivity index (χ1v) is 11.2. The molecule has 0 saturated heterocycles. The van der Waals surface area contributed by atoms with Gasteiger partial charge in [-0.15, -0.1) is 12.4 Å². The Balaban J connectivity index is 0.00000306. The summed E-state index contributed by atoms with van der Waals surface area (Å²) in [4.78, 5) is 2.27. The van der Waals surface area contributed by atoms with Crippen LogP contribution >= 0.6 is 35.6 Å². The van der Waals surface area contributed by atoms with Crippen LogP contribution in [0.25, 0.3) is 5.57 Å². The zero-order valence-corrected chi connectivity index (χ0v) is 20.0. The van der Waals surface area contributed by atoms with Crippen LogP contribution < -0.4 is 0 Å². The van der Waals surface area contributed by atoms with E-state index in [1.807, 2.05) is 54.6 Å². The molecule has 0 N–H and O–H groups in total. The third-order valence-corrected chi connectivity index (χ3v) is 6.36. The quantitative estimate of drug-likeness (QED) is 0.332. The van der Waals surface area contributed by atoms with Gasteiger partial charge in [-0.1, -0.05) is 71.7 Å². The van der Waals surface area contributed by atoms with Crippen LogP contribution in [0.4, 0.5) is 13.2 Å². The Hall–Kier alpha value is -1.98. The molecule has 1 aliphatic heterocycles. The van der Waals surface area contributed by atoms with Crippen LogP contribution in [0.2, 0.25) is 10.0 Å². The van der Waals surface area contributed by atoms with Crippen LogP contribution in [0.15, 0.2) is 78.9 Å². The molecule has 3 aromatic carbocycles. The van der Waals surface area contributed by atoms with E-state index in [1.165, 1.54) is 6.07 Å². The molecule has 1 aliphatic rings. The van der Waals surface area contributed by atoms with E-state index < -0.39 is 11.7 Å². The highest BCUT2D eigenvalue weighted by molar-refractivity contribution is 6.30. The van der Waals surface area contributed by atoms with Crippen LogP contribution in [0, 0.1) is 0 Å². The third-order valence-electron chi connectivity index (χ3n) is 5.86. The van der Waals surface area contributed by atoms with Crippen LogP contribution in [-0.4, -0.2) is 24.5 Å². The summed E-state index contributed by atoms with van der Waals surface area (Å²) in [5, 5.41) is 1.36. The standard InChI is InChI=1S/C26H22Cl2F3N.ClH/c27-21-9-5-18(6-10-21)24(19-7-11-22(28)12-8-19)17-32-15-13-20(14-16-32)23-3-1-2-4-25(23)26(29,30)31;/h1-13,24H,14-17H2;1H. The van der Waals surface area contributed by atoms with Crippen LogP contribution in [-0.2, 0) is 6.18 Å². The van der Waals surface area contributed by atoms with Gasteiger partial charge in [0.1, 0.15) is 0 Å². The molecular weight excluding hydrogens is 490 g/mol. The molecule has 0 atom stereocenters. The minimum Gasteiger partial charge on any atom is -0.298 e. The molecule has 0 amide bonds. The molecule has 4 rings (SSSR count). The summed E-state index contributed by atoms with van der Waals surface area (Å²) in [5.41, 5.74) is 2.73. The maximum Gasteiger partial charge on any atom is 0.416 e. The predicted octanol–water partition coefficient (Wildman–Crippen LogP) is 8.36. The van der Waals surface area contributed by atoms with E-state index in [9.17, 15) is 13.2 Å². The van der Waals surface area contributed by atoms with Crippen molar-refractivity contribution in [3.63, 3.8) is 0 Å². The molecule has 0 spiro atoms. The number of hydrogen-bond acceptors (Lipinski definition) is 1. The monoisotopic (exact) mass is 511 g/mol. The molecule has 0 radical (unpaired) electrons. The average molecular weight is 513 g/mol. The number of hydrogen-bond donors (Lipinski definition) is 0. The van der Waals surface area contributed by atoms with Gasteiger partial charge in [0.05, 0.1) is 5.56 Å². The molecule has 0 bridgehead atoms. The second-order valence-corrected chi connectivity index (χ2v) is 8.81. The van der Waals surface area contributed by atoms with Crippen LogP contribution in [0.5, 0.6) is 0 Å². The lowest BCUT2D eigenvalue weighted by Crippen LogP contribution is -2.33. The van der Waals surface area contributed by atoms with Crippen molar-refractivity contribution in [2.24, 2.45) is 0 Å². The topological polar surface area (TPSA) is 3.24 Å². The van der Waals surface area contributed by atoms with Crippen molar-refractivity contribution in [1.82, 2.24) is 4.90 Å². The van der Waals surface area contributed by atoms with Gasteiger partial charge in [0.15, 0.2) is 0 Å². The SMILES string of the molecule is Cl.FC(F)(F)c1ccccc1C1=CCN(CC(c2ccc(Cl)cc2)c2ccc(Cl)cc2)CC1. The number of rotatable bonds is 5. The van der Waals surface area contributed by atoms with Gasteiger partial charge in [-0.2, -0.15) is 13.2 Å². The minimum atomic E-state index is -4.36. The molecule has 3 aromatic rings. The zero-order valence-electron chi connectivity index (χ0n) is 17.7. The summed E-state index contributed by atoms with van der Waals surface area (Å²) in [6, 6.07) is 21.4. The first kappa shape index (κ1) is 25.6. The van der Waals surface area contributed by atoms with Gasteiger partial charge in [0, 0.05) is 35.6 Å². The number of alkyl halides is 3. The lowest BCUT2D eigenvalue weighted by molar-refractivity contribution is -0.137. The van der Waals surface area contributed by atoms with Crippen molar-refractivity contribution in [1.29, 1.82) is 0 Å². The summed E-state index contributed by atoms with van der Waals surface area (Å²) in [7, 11) is 0. The first-order chi connectivity index (χ1) is 15.3. The number of benzene rings is 3. The summed E-state index contributed by atoms with van der Waals surface area (Å²) < 4.78 is 40.3. The Kier molecular flexibility index (Phi) is 8.52. The van der Waals surface area contributed by atoms with Gasteiger partial charge < -0.3 is 0 Å².